The molecule has 3 amide bonds. The van der Waals surface area contributed by atoms with Crippen molar-refractivity contribution < 1.29 is 14.0 Å². The molecule has 3 aromatic rings. The summed E-state index contributed by atoms with van der Waals surface area (Å²) in [5, 5.41) is 8.52. The van der Waals surface area contributed by atoms with Crippen molar-refractivity contribution in [3.8, 4) is 0 Å². The summed E-state index contributed by atoms with van der Waals surface area (Å²) in [5.74, 6) is -1.10. The number of rotatable bonds is 4. The molecule has 0 aliphatic heterocycles. The SMILES string of the molecule is O=C(Nc1ccccc1)Nc1ccc(C(=O)Nc2ccc(Cl)cc2F)s1. The Labute approximate surface area is 157 Å². The Balaban J connectivity index is 1.61. The van der Waals surface area contributed by atoms with Crippen LogP contribution in [0.1, 0.15) is 9.67 Å². The third kappa shape index (κ3) is 4.59. The predicted octanol–water partition coefficient (Wildman–Crippen LogP) is 5.44. The Morgan fingerprint density at radius 1 is 0.923 bits per heavy atom. The number of benzene rings is 2. The predicted molar refractivity (Wildman–Crippen MR) is 103 cm³/mol. The molecule has 5 nitrogen and oxygen atoms in total. The molecule has 1 heterocycles. The first-order chi connectivity index (χ1) is 12.5. The van der Waals surface area contributed by atoms with E-state index in [4.69, 9.17) is 11.6 Å². The minimum atomic E-state index is -0.622. The zero-order valence-corrected chi connectivity index (χ0v) is 14.8. The van der Waals surface area contributed by atoms with Gasteiger partial charge in [-0.15, -0.1) is 11.3 Å². The number of hydrogen-bond acceptors (Lipinski definition) is 3. The summed E-state index contributed by atoms with van der Waals surface area (Å²) in [6.07, 6.45) is 0. The molecule has 3 rings (SSSR count). The molecule has 8 heteroatoms. The van der Waals surface area contributed by atoms with E-state index in [1.54, 1.807) is 36.4 Å². The Kier molecular flexibility index (Phi) is 5.50. The van der Waals surface area contributed by atoms with E-state index in [2.05, 4.69) is 16.0 Å². The van der Waals surface area contributed by atoms with Gasteiger partial charge in [-0.2, -0.15) is 0 Å². The number of carbonyl (C=O) groups is 2. The highest BCUT2D eigenvalue weighted by Gasteiger charge is 2.13. The third-order valence-electron chi connectivity index (χ3n) is 3.28. The molecule has 132 valence electrons. The van der Waals surface area contributed by atoms with Crippen molar-refractivity contribution >= 4 is 51.3 Å². The van der Waals surface area contributed by atoms with Gasteiger partial charge in [0.05, 0.1) is 15.6 Å². The lowest BCUT2D eigenvalue weighted by Crippen LogP contribution is -2.18. The van der Waals surface area contributed by atoms with Gasteiger partial charge in [0.25, 0.3) is 5.91 Å². The molecule has 0 bridgehead atoms. The topological polar surface area (TPSA) is 70.2 Å². The van der Waals surface area contributed by atoms with E-state index in [9.17, 15) is 14.0 Å². The molecule has 0 radical (unpaired) electrons. The molecule has 26 heavy (non-hydrogen) atoms. The number of amides is 3. The number of carbonyl (C=O) groups excluding carboxylic acids is 2. The molecule has 0 saturated carbocycles. The van der Waals surface area contributed by atoms with Gasteiger partial charge < -0.3 is 10.6 Å². The van der Waals surface area contributed by atoms with Crippen LogP contribution in [0.25, 0.3) is 0 Å². The van der Waals surface area contributed by atoms with E-state index in [1.165, 1.54) is 12.1 Å². The van der Waals surface area contributed by atoms with Crippen molar-refractivity contribution in [3.05, 3.63) is 76.4 Å². The molecule has 0 saturated heterocycles. The molecule has 0 atom stereocenters. The number of thiophene rings is 1. The summed E-state index contributed by atoms with van der Waals surface area (Å²) in [6.45, 7) is 0. The smallest absolute Gasteiger partial charge is 0.319 e. The summed E-state index contributed by atoms with van der Waals surface area (Å²) in [6, 6.07) is 15.7. The zero-order chi connectivity index (χ0) is 18.5. The van der Waals surface area contributed by atoms with Crippen molar-refractivity contribution in [2.75, 3.05) is 16.0 Å². The fraction of sp³-hybridized carbons (Fsp3) is 0. The first-order valence-corrected chi connectivity index (χ1v) is 8.70. The molecule has 0 aliphatic carbocycles. The number of urea groups is 1. The molecule has 3 N–H and O–H groups in total. The summed E-state index contributed by atoms with van der Waals surface area (Å²) < 4.78 is 13.7. The molecular formula is C18H13ClFN3O2S. The Morgan fingerprint density at radius 3 is 2.42 bits per heavy atom. The summed E-state index contributed by atoms with van der Waals surface area (Å²) in [5.41, 5.74) is 0.682. The average molecular weight is 390 g/mol. The van der Waals surface area contributed by atoms with Crippen LogP contribution in [0.15, 0.2) is 60.7 Å². The number of nitrogens with one attached hydrogen (secondary N) is 3. The number of hydrogen-bond donors (Lipinski definition) is 3. The van der Waals surface area contributed by atoms with Crippen LogP contribution < -0.4 is 16.0 Å². The summed E-state index contributed by atoms with van der Waals surface area (Å²) in [7, 11) is 0. The molecular weight excluding hydrogens is 377 g/mol. The lowest BCUT2D eigenvalue weighted by Gasteiger charge is -2.06. The zero-order valence-electron chi connectivity index (χ0n) is 13.3. The van der Waals surface area contributed by atoms with Gasteiger partial charge in [-0.25, -0.2) is 9.18 Å². The van der Waals surface area contributed by atoms with Crippen LogP contribution >= 0.6 is 22.9 Å². The Bertz CT molecular complexity index is 947. The minimum Gasteiger partial charge on any atom is -0.319 e. The highest BCUT2D eigenvalue weighted by Crippen LogP contribution is 2.25. The fourth-order valence-electron chi connectivity index (χ4n) is 2.10. The van der Waals surface area contributed by atoms with Crippen molar-refractivity contribution in [3.63, 3.8) is 0 Å². The second-order valence-electron chi connectivity index (χ2n) is 5.19. The average Bonchev–Trinajstić information content (AvgIpc) is 3.06. The van der Waals surface area contributed by atoms with Gasteiger partial charge in [0.2, 0.25) is 0 Å². The monoisotopic (exact) mass is 389 g/mol. The third-order valence-corrected chi connectivity index (χ3v) is 4.51. The first-order valence-electron chi connectivity index (χ1n) is 7.50. The van der Waals surface area contributed by atoms with Gasteiger partial charge in [0, 0.05) is 10.7 Å². The van der Waals surface area contributed by atoms with E-state index >= 15 is 0 Å². The molecule has 2 aromatic carbocycles. The highest BCUT2D eigenvalue weighted by molar-refractivity contribution is 7.18. The van der Waals surface area contributed by atoms with Crippen molar-refractivity contribution in [1.29, 1.82) is 0 Å². The van der Waals surface area contributed by atoms with Crippen molar-refractivity contribution in [2.45, 2.75) is 0 Å². The Morgan fingerprint density at radius 2 is 1.69 bits per heavy atom. The van der Waals surface area contributed by atoms with Gasteiger partial charge in [0.1, 0.15) is 5.82 Å². The van der Waals surface area contributed by atoms with Crippen LogP contribution in [0.5, 0.6) is 0 Å². The second-order valence-corrected chi connectivity index (χ2v) is 6.71. The quantitative estimate of drug-likeness (QED) is 0.556. The van der Waals surface area contributed by atoms with E-state index in [0.717, 1.165) is 17.4 Å². The van der Waals surface area contributed by atoms with Gasteiger partial charge in [-0.3, -0.25) is 10.1 Å². The van der Waals surface area contributed by atoms with E-state index in [0.29, 0.717) is 15.6 Å². The second kappa shape index (κ2) is 7.99. The molecule has 0 fully saturated rings. The number of para-hydroxylation sites is 1. The normalized spacial score (nSPS) is 10.2. The van der Waals surface area contributed by atoms with E-state index in [-0.39, 0.29) is 10.7 Å². The highest BCUT2D eigenvalue weighted by atomic mass is 35.5. The first kappa shape index (κ1) is 17.9. The van der Waals surface area contributed by atoms with Crippen LogP contribution in [-0.4, -0.2) is 11.9 Å². The summed E-state index contributed by atoms with van der Waals surface area (Å²) in [4.78, 5) is 24.5. The number of halogens is 2. The maximum absolute atomic E-state index is 13.7. The van der Waals surface area contributed by atoms with Crippen LogP contribution in [0.2, 0.25) is 5.02 Å². The van der Waals surface area contributed by atoms with Crippen molar-refractivity contribution in [2.24, 2.45) is 0 Å². The van der Waals surface area contributed by atoms with E-state index in [1.807, 2.05) is 6.07 Å². The van der Waals surface area contributed by atoms with E-state index < -0.39 is 17.8 Å². The molecule has 0 spiro atoms. The van der Waals surface area contributed by atoms with Crippen LogP contribution in [-0.2, 0) is 0 Å². The maximum atomic E-state index is 13.7. The number of anilines is 3. The van der Waals surface area contributed by atoms with Gasteiger partial charge >= 0.3 is 6.03 Å². The minimum absolute atomic E-state index is 0.0316. The lowest BCUT2D eigenvalue weighted by molar-refractivity contribution is 0.103. The van der Waals surface area contributed by atoms with Gasteiger partial charge in [0.15, 0.2) is 0 Å². The standard InChI is InChI=1S/C18H13ClFN3O2S/c19-11-6-7-14(13(20)10-11)22-17(24)15-8-9-16(26-15)23-18(25)21-12-4-2-1-3-5-12/h1-10H,(H,22,24)(H2,21,23,25). The Hall–Kier alpha value is -2.90. The molecule has 0 aliphatic rings. The van der Waals surface area contributed by atoms with Gasteiger partial charge in [-0.05, 0) is 42.5 Å². The maximum Gasteiger partial charge on any atom is 0.324 e. The van der Waals surface area contributed by atoms with Crippen LogP contribution in [0.3, 0.4) is 0 Å². The summed E-state index contributed by atoms with van der Waals surface area (Å²) >= 11 is 6.76. The lowest BCUT2D eigenvalue weighted by atomic mass is 10.3. The van der Waals surface area contributed by atoms with Gasteiger partial charge in [-0.1, -0.05) is 29.8 Å². The van der Waals surface area contributed by atoms with Crippen LogP contribution in [0, 0.1) is 5.82 Å². The van der Waals surface area contributed by atoms with Crippen LogP contribution in [0.4, 0.5) is 25.6 Å². The largest absolute Gasteiger partial charge is 0.324 e. The fourth-order valence-corrected chi connectivity index (χ4v) is 3.05. The van der Waals surface area contributed by atoms with Crippen molar-refractivity contribution in [1.82, 2.24) is 0 Å². The molecule has 0 unspecified atom stereocenters. The molecule has 1 aromatic heterocycles.